The molecule has 1 N–H and O–H groups in total. The SMILES string of the molecule is CO[C@@H]1CCN(c2ccc3c(C(=O)N[C@H]4CN5CCC4CC5)nsc3c2)C1. The van der Waals surface area contributed by atoms with Gasteiger partial charge in [0.1, 0.15) is 5.69 Å². The first-order valence-electron chi connectivity index (χ1n) is 9.91. The molecule has 6 nitrogen and oxygen atoms in total. The summed E-state index contributed by atoms with van der Waals surface area (Å²) in [6.45, 7) is 5.28. The van der Waals surface area contributed by atoms with Crippen molar-refractivity contribution in [2.24, 2.45) is 5.92 Å². The summed E-state index contributed by atoms with van der Waals surface area (Å²) in [5.74, 6) is 0.604. The lowest BCUT2D eigenvalue weighted by atomic mass is 9.84. The van der Waals surface area contributed by atoms with Gasteiger partial charge in [-0.25, -0.2) is 0 Å². The van der Waals surface area contributed by atoms with Crippen LogP contribution in [0.5, 0.6) is 0 Å². The van der Waals surface area contributed by atoms with Crippen LogP contribution in [0.25, 0.3) is 10.1 Å². The molecule has 0 unspecified atom stereocenters. The van der Waals surface area contributed by atoms with Gasteiger partial charge in [-0.2, -0.15) is 4.37 Å². The highest BCUT2D eigenvalue weighted by Gasteiger charge is 2.35. The third-order valence-corrected chi connectivity index (χ3v) is 7.30. The number of amides is 1. The van der Waals surface area contributed by atoms with Gasteiger partial charge in [0, 0.05) is 43.9 Å². The maximum absolute atomic E-state index is 12.9. The van der Waals surface area contributed by atoms with Gasteiger partial charge in [-0.05, 0) is 68.0 Å². The van der Waals surface area contributed by atoms with Gasteiger partial charge in [0.25, 0.3) is 5.91 Å². The van der Waals surface area contributed by atoms with Crippen LogP contribution in [0, 0.1) is 5.92 Å². The van der Waals surface area contributed by atoms with Gasteiger partial charge in [0.2, 0.25) is 0 Å². The Morgan fingerprint density at radius 1 is 1.22 bits per heavy atom. The molecule has 4 fully saturated rings. The molecule has 2 aromatic rings. The zero-order valence-electron chi connectivity index (χ0n) is 15.7. The van der Waals surface area contributed by atoms with E-state index >= 15 is 0 Å². The largest absolute Gasteiger partial charge is 0.380 e. The minimum Gasteiger partial charge on any atom is -0.380 e. The summed E-state index contributed by atoms with van der Waals surface area (Å²) in [6.07, 6.45) is 3.77. The number of rotatable bonds is 4. The van der Waals surface area contributed by atoms with Gasteiger partial charge in [-0.3, -0.25) is 4.79 Å². The number of carbonyl (C=O) groups excluding carboxylic acids is 1. The highest BCUT2D eigenvalue weighted by molar-refractivity contribution is 7.13. The molecule has 0 aliphatic carbocycles. The van der Waals surface area contributed by atoms with E-state index in [4.69, 9.17) is 4.74 Å². The molecule has 27 heavy (non-hydrogen) atoms. The van der Waals surface area contributed by atoms with E-state index in [0.29, 0.717) is 17.7 Å². The number of fused-ring (bicyclic) bond motifs is 4. The van der Waals surface area contributed by atoms with Crippen LogP contribution in [0.1, 0.15) is 29.8 Å². The van der Waals surface area contributed by atoms with E-state index in [1.165, 1.54) is 43.2 Å². The number of carbonyl (C=O) groups is 1. The number of ether oxygens (including phenoxy) is 1. The van der Waals surface area contributed by atoms with E-state index in [0.717, 1.165) is 36.1 Å². The molecule has 0 saturated carbocycles. The van der Waals surface area contributed by atoms with E-state index in [1.807, 2.05) is 0 Å². The number of piperidine rings is 3. The lowest BCUT2D eigenvalue weighted by Gasteiger charge is -2.44. The van der Waals surface area contributed by atoms with Gasteiger partial charge in [-0.1, -0.05) is 0 Å². The minimum absolute atomic E-state index is 0.0200. The Balaban J connectivity index is 1.33. The lowest BCUT2D eigenvalue weighted by Crippen LogP contribution is -2.57. The maximum atomic E-state index is 12.9. The molecule has 5 heterocycles. The Morgan fingerprint density at radius 2 is 2.07 bits per heavy atom. The lowest BCUT2D eigenvalue weighted by molar-refractivity contribution is 0.0619. The van der Waals surface area contributed by atoms with Crippen molar-refractivity contribution < 1.29 is 9.53 Å². The average molecular weight is 387 g/mol. The summed E-state index contributed by atoms with van der Waals surface area (Å²) in [5, 5.41) is 4.23. The molecular weight excluding hydrogens is 360 g/mol. The fourth-order valence-electron chi connectivity index (χ4n) is 4.81. The maximum Gasteiger partial charge on any atom is 0.271 e. The van der Waals surface area contributed by atoms with Crippen LogP contribution < -0.4 is 10.2 Å². The highest BCUT2D eigenvalue weighted by Crippen LogP contribution is 2.31. The van der Waals surface area contributed by atoms with Crippen LogP contribution >= 0.6 is 11.5 Å². The number of methoxy groups -OCH3 is 1. The number of nitrogens with zero attached hydrogens (tertiary/aromatic N) is 3. The smallest absolute Gasteiger partial charge is 0.271 e. The molecule has 0 radical (unpaired) electrons. The Kier molecular flexibility index (Phi) is 4.53. The molecule has 0 spiro atoms. The van der Waals surface area contributed by atoms with Crippen molar-refractivity contribution in [1.82, 2.24) is 14.6 Å². The fourth-order valence-corrected chi connectivity index (χ4v) is 5.61. The molecule has 7 heteroatoms. The van der Waals surface area contributed by atoms with Gasteiger partial charge >= 0.3 is 0 Å². The zero-order chi connectivity index (χ0) is 18.4. The summed E-state index contributed by atoms with van der Waals surface area (Å²) >= 11 is 1.42. The molecule has 4 aliphatic rings. The highest BCUT2D eigenvalue weighted by atomic mass is 32.1. The van der Waals surface area contributed by atoms with E-state index in [2.05, 4.69) is 37.7 Å². The zero-order valence-corrected chi connectivity index (χ0v) is 16.5. The molecule has 1 aromatic carbocycles. The van der Waals surface area contributed by atoms with Gasteiger partial charge < -0.3 is 19.9 Å². The average Bonchev–Trinajstić information content (AvgIpc) is 3.35. The molecule has 144 valence electrons. The second-order valence-corrected chi connectivity index (χ2v) is 8.83. The fraction of sp³-hybridized carbons (Fsp3) is 0.600. The number of hydrogen-bond acceptors (Lipinski definition) is 6. The third kappa shape index (κ3) is 3.22. The molecule has 1 amide bonds. The summed E-state index contributed by atoms with van der Waals surface area (Å²) in [7, 11) is 1.78. The van der Waals surface area contributed by atoms with Crippen molar-refractivity contribution >= 4 is 33.2 Å². The van der Waals surface area contributed by atoms with E-state index in [-0.39, 0.29) is 11.9 Å². The van der Waals surface area contributed by atoms with Crippen LogP contribution in [-0.4, -0.2) is 67.2 Å². The second kappa shape index (κ2) is 7.04. The van der Waals surface area contributed by atoms with Crippen molar-refractivity contribution in [2.75, 3.05) is 44.7 Å². The third-order valence-electron chi connectivity index (χ3n) is 6.49. The van der Waals surface area contributed by atoms with Gasteiger partial charge in [0.15, 0.2) is 0 Å². The molecule has 2 bridgehead atoms. The molecule has 6 rings (SSSR count). The van der Waals surface area contributed by atoms with Crippen molar-refractivity contribution in [3.8, 4) is 0 Å². The molecule has 2 atom stereocenters. The van der Waals surface area contributed by atoms with Crippen molar-refractivity contribution in [3.05, 3.63) is 23.9 Å². The van der Waals surface area contributed by atoms with E-state index in [1.54, 1.807) is 7.11 Å². The molecule has 4 saturated heterocycles. The summed E-state index contributed by atoms with van der Waals surface area (Å²) < 4.78 is 11.0. The number of hydrogen-bond donors (Lipinski definition) is 1. The van der Waals surface area contributed by atoms with Crippen LogP contribution in [0.3, 0.4) is 0 Å². The first-order chi connectivity index (χ1) is 13.2. The first kappa shape index (κ1) is 17.4. The van der Waals surface area contributed by atoms with E-state index < -0.39 is 0 Å². The quantitative estimate of drug-likeness (QED) is 0.874. The Morgan fingerprint density at radius 3 is 2.78 bits per heavy atom. The molecule has 4 aliphatic heterocycles. The monoisotopic (exact) mass is 386 g/mol. The first-order valence-corrected chi connectivity index (χ1v) is 10.7. The van der Waals surface area contributed by atoms with Crippen LogP contribution in [-0.2, 0) is 4.74 Å². The molecule has 1 aromatic heterocycles. The van der Waals surface area contributed by atoms with E-state index in [9.17, 15) is 4.79 Å². The molecular formula is C20H26N4O2S. The number of aromatic nitrogens is 1. The minimum atomic E-state index is -0.0200. The summed E-state index contributed by atoms with van der Waals surface area (Å²) in [5.41, 5.74) is 1.77. The Hall–Kier alpha value is -1.70. The number of nitrogens with one attached hydrogen (secondary N) is 1. The van der Waals surface area contributed by atoms with Crippen LogP contribution in [0.15, 0.2) is 18.2 Å². The van der Waals surface area contributed by atoms with Gasteiger partial charge in [0.05, 0.1) is 10.8 Å². The number of anilines is 1. The second-order valence-electron chi connectivity index (χ2n) is 8.02. The predicted octanol–water partition coefficient (Wildman–Crippen LogP) is 2.35. The topological polar surface area (TPSA) is 57.7 Å². The summed E-state index contributed by atoms with van der Waals surface area (Å²) in [6, 6.07) is 6.60. The predicted molar refractivity (Wildman–Crippen MR) is 108 cm³/mol. The Labute approximate surface area is 163 Å². The van der Waals surface area contributed by atoms with Gasteiger partial charge in [-0.15, -0.1) is 0 Å². The number of benzene rings is 1. The van der Waals surface area contributed by atoms with Crippen molar-refractivity contribution in [2.45, 2.75) is 31.4 Å². The van der Waals surface area contributed by atoms with Crippen molar-refractivity contribution in [3.63, 3.8) is 0 Å². The standard InChI is InChI=1S/C20H26N4O2S/c1-26-15-6-9-24(11-15)14-2-3-16-18(10-14)27-22-19(16)20(25)21-17-12-23-7-4-13(17)5-8-23/h2-3,10,13,15,17H,4-9,11-12H2,1H3,(H,21,25)/t15-,17+/m1/s1. The normalized spacial score (nSPS) is 30.2. The van der Waals surface area contributed by atoms with Crippen LogP contribution in [0.4, 0.5) is 5.69 Å². The Bertz CT molecular complexity index is 846. The van der Waals surface area contributed by atoms with Crippen molar-refractivity contribution in [1.29, 1.82) is 0 Å². The summed E-state index contributed by atoms with van der Waals surface area (Å²) in [4.78, 5) is 17.7. The van der Waals surface area contributed by atoms with Crippen LogP contribution in [0.2, 0.25) is 0 Å².